The summed E-state index contributed by atoms with van der Waals surface area (Å²) in [5.74, 6) is -0.199. The highest BCUT2D eigenvalue weighted by molar-refractivity contribution is 5.85. The van der Waals surface area contributed by atoms with Gasteiger partial charge in [-0.25, -0.2) is 0 Å². The summed E-state index contributed by atoms with van der Waals surface area (Å²) in [4.78, 5) is 0. The number of aromatic nitrogens is 2. The molecule has 21 heavy (non-hydrogen) atoms. The highest BCUT2D eigenvalue weighted by atomic mass is 35.5. The minimum Gasteiger partial charge on any atom is -0.496 e. The standard InChI is InChI=1S/C13H14F3N3O.ClH/c1-20-12-3-2-9(6-11(12)13(14,15)16)10-7-18-19(8-10)5-4-17;/h2-3,6-8H,4-5,17H2,1H3;1H. The number of hydrogen-bond donors (Lipinski definition) is 1. The van der Waals surface area contributed by atoms with Gasteiger partial charge in [-0.2, -0.15) is 18.3 Å². The third-order valence-corrected chi connectivity index (χ3v) is 2.83. The molecule has 0 aliphatic heterocycles. The van der Waals surface area contributed by atoms with Crippen molar-refractivity contribution in [2.75, 3.05) is 13.7 Å². The summed E-state index contributed by atoms with van der Waals surface area (Å²) >= 11 is 0. The van der Waals surface area contributed by atoms with Gasteiger partial charge in [0.1, 0.15) is 5.75 Å². The predicted octanol–water partition coefficient (Wildman–Crippen LogP) is 2.96. The van der Waals surface area contributed by atoms with Crippen LogP contribution in [0.5, 0.6) is 5.75 Å². The molecule has 0 saturated carbocycles. The van der Waals surface area contributed by atoms with Crippen LogP contribution in [0, 0.1) is 0 Å². The molecule has 0 radical (unpaired) electrons. The fourth-order valence-corrected chi connectivity index (χ4v) is 1.88. The summed E-state index contributed by atoms with van der Waals surface area (Å²) in [6.07, 6.45) is -1.29. The van der Waals surface area contributed by atoms with E-state index in [1.807, 2.05) is 0 Å². The number of halogens is 4. The van der Waals surface area contributed by atoms with Gasteiger partial charge in [0.2, 0.25) is 0 Å². The fraction of sp³-hybridized carbons (Fsp3) is 0.308. The molecule has 2 rings (SSSR count). The molecule has 0 fully saturated rings. The van der Waals surface area contributed by atoms with Gasteiger partial charge in [-0.3, -0.25) is 4.68 Å². The van der Waals surface area contributed by atoms with Crippen LogP contribution in [0.15, 0.2) is 30.6 Å². The maximum absolute atomic E-state index is 12.9. The number of benzene rings is 1. The molecule has 0 spiro atoms. The Morgan fingerprint density at radius 1 is 1.29 bits per heavy atom. The van der Waals surface area contributed by atoms with Gasteiger partial charge in [-0.05, 0) is 17.7 Å². The lowest BCUT2D eigenvalue weighted by atomic mass is 10.0. The molecule has 0 amide bonds. The van der Waals surface area contributed by atoms with Crippen molar-refractivity contribution in [3.8, 4) is 16.9 Å². The molecule has 0 unspecified atom stereocenters. The Labute approximate surface area is 126 Å². The summed E-state index contributed by atoms with van der Waals surface area (Å²) in [5, 5.41) is 4.04. The number of nitrogens with two attached hydrogens (primary N) is 1. The van der Waals surface area contributed by atoms with E-state index in [9.17, 15) is 13.2 Å². The SMILES string of the molecule is COc1ccc(-c2cnn(CCN)c2)cc1C(F)(F)F.Cl. The molecule has 2 aromatic rings. The van der Waals surface area contributed by atoms with Gasteiger partial charge < -0.3 is 10.5 Å². The van der Waals surface area contributed by atoms with Crippen molar-refractivity contribution in [2.45, 2.75) is 12.7 Å². The maximum atomic E-state index is 12.9. The highest BCUT2D eigenvalue weighted by Crippen LogP contribution is 2.38. The van der Waals surface area contributed by atoms with Crippen LogP contribution < -0.4 is 10.5 Å². The molecule has 0 aliphatic rings. The van der Waals surface area contributed by atoms with Gasteiger partial charge in [0.15, 0.2) is 0 Å². The number of alkyl halides is 3. The number of methoxy groups -OCH3 is 1. The van der Waals surface area contributed by atoms with Gasteiger partial charge in [0.25, 0.3) is 0 Å². The molecule has 0 atom stereocenters. The Kier molecular flexibility index (Phi) is 5.62. The van der Waals surface area contributed by atoms with Crippen molar-refractivity contribution < 1.29 is 17.9 Å². The van der Waals surface area contributed by atoms with Gasteiger partial charge in [0.05, 0.1) is 25.4 Å². The first-order chi connectivity index (χ1) is 9.45. The molecule has 116 valence electrons. The lowest BCUT2D eigenvalue weighted by molar-refractivity contribution is -0.138. The summed E-state index contributed by atoms with van der Waals surface area (Å²) in [6.45, 7) is 0.930. The first kappa shape index (κ1) is 17.3. The fourth-order valence-electron chi connectivity index (χ4n) is 1.88. The number of nitrogens with zero attached hydrogens (tertiary/aromatic N) is 2. The van der Waals surface area contributed by atoms with Crippen molar-refractivity contribution in [3.05, 3.63) is 36.2 Å². The third kappa shape index (κ3) is 3.89. The molecule has 8 heteroatoms. The first-order valence-electron chi connectivity index (χ1n) is 5.94. The topological polar surface area (TPSA) is 53.1 Å². The van der Waals surface area contributed by atoms with Crippen LogP contribution in [-0.4, -0.2) is 23.4 Å². The number of hydrogen-bond acceptors (Lipinski definition) is 3. The molecule has 0 aliphatic carbocycles. The number of ether oxygens (including phenoxy) is 1. The summed E-state index contributed by atoms with van der Waals surface area (Å²) in [6, 6.07) is 3.93. The minimum absolute atomic E-state index is 0. The van der Waals surface area contributed by atoms with Crippen LogP contribution >= 0.6 is 12.4 Å². The van der Waals surface area contributed by atoms with Crippen LogP contribution in [0.1, 0.15) is 5.56 Å². The average molecular weight is 322 g/mol. The normalized spacial score (nSPS) is 11.1. The van der Waals surface area contributed by atoms with Crippen LogP contribution in [-0.2, 0) is 12.7 Å². The third-order valence-electron chi connectivity index (χ3n) is 2.83. The second-order valence-electron chi connectivity index (χ2n) is 4.19. The molecule has 1 aromatic carbocycles. The lowest BCUT2D eigenvalue weighted by Gasteiger charge is -2.12. The van der Waals surface area contributed by atoms with E-state index in [0.717, 1.165) is 6.07 Å². The van der Waals surface area contributed by atoms with Crippen molar-refractivity contribution in [1.82, 2.24) is 9.78 Å². The van der Waals surface area contributed by atoms with Crippen molar-refractivity contribution in [2.24, 2.45) is 5.73 Å². The Bertz CT molecular complexity index is 599. The van der Waals surface area contributed by atoms with Gasteiger partial charge in [-0.1, -0.05) is 6.07 Å². The molecule has 2 N–H and O–H groups in total. The van der Waals surface area contributed by atoms with E-state index in [1.54, 1.807) is 16.9 Å². The summed E-state index contributed by atoms with van der Waals surface area (Å²) < 4.78 is 45.2. The molecule has 0 saturated heterocycles. The molecular formula is C13H15ClF3N3O. The van der Waals surface area contributed by atoms with Crippen molar-refractivity contribution >= 4 is 12.4 Å². The molecule has 1 aromatic heterocycles. The van der Waals surface area contributed by atoms with E-state index in [2.05, 4.69) is 5.10 Å². The highest BCUT2D eigenvalue weighted by Gasteiger charge is 2.34. The quantitative estimate of drug-likeness (QED) is 0.942. The largest absolute Gasteiger partial charge is 0.496 e. The second-order valence-corrected chi connectivity index (χ2v) is 4.19. The van der Waals surface area contributed by atoms with Gasteiger partial charge in [-0.15, -0.1) is 12.4 Å². The first-order valence-corrected chi connectivity index (χ1v) is 5.94. The number of rotatable bonds is 4. The van der Waals surface area contributed by atoms with Crippen LogP contribution in [0.2, 0.25) is 0 Å². The Morgan fingerprint density at radius 2 is 2.00 bits per heavy atom. The summed E-state index contributed by atoms with van der Waals surface area (Å²) in [7, 11) is 1.21. The minimum atomic E-state index is -4.46. The van der Waals surface area contributed by atoms with E-state index in [4.69, 9.17) is 10.5 Å². The lowest BCUT2D eigenvalue weighted by Crippen LogP contribution is -2.09. The Balaban J connectivity index is 0.00000220. The smallest absolute Gasteiger partial charge is 0.419 e. The van der Waals surface area contributed by atoms with Crippen molar-refractivity contribution in [3.63, 3.8) is 0 Å². The van der Waals surface area contributed by atoms with Crippen LogP contribution in [0.4, 0.5) is 13.2 Å². The van der Waals surface area contributed by atoms with E-state index < -0.39 is 11.7 Å². The molecule has 0 bridgehead atoms. The monoisotopic (exact) mass is 321 g/mol. The van der Waals surface area contributed by atoms with Gasteiger partial charge >= 0.3 is 6.18 Å². The van der Waals surface area contributed by atoms with Gasteiger partial charge in [0, 0.05) is 18.3 Å². The Hall–Kier alpha value is -1.73. The maximum Gasteiger partial charge on any atom is 0.419 e. The molecule has 4 nitrogen and oxygen atoms in total. The zero-order valence-electron chi connectivity index (χ0n) is 11.2. The zero-order valence-corrected chi connectivity index (χ0v) is 12.0. The van der Waals surface area contributed by atoms with E-state index in [-0.39, 0.29) is 18.2 Å². The Morgan fingerprint density at radius 3 is 2.57 bits per heavy atom. The van der Waals surface area contributed by atoms with Crippen LogP contribution in [0.25, 0.3) is 11.1 Å². The molecular weight excluding hydrogens is 307 g/mol. The average Bonchev–Trinajstić information content (AvgIpc) is 2.86. The van der Waals surface area contributed by atoms with Crippen LogP contribution in [0.3, 0.4) is 0 Å². The molecule has 1 heterocycles. The zero-order chi connectivity index (χ0) is 14.8. The summed E-state index contributed by atoms with van der Waals surface area (Å²) in [5.41, 5.74) is 5.63. The second kappa shape index (κ2) is 6.82. The van der Waals surface area contributed by atoms with Crippen molar-refractivity contribution in [1.29, 1.82) is 0 Å². The van der Waals surface area contributed by atoms with E-state index in [0.29, 0.717) is 24.2 Å². The van der Waals surface area contributed by atoms with E-state index >= 15 is 0 Å². The van der Waals surface area contributed by atoms with E-state index in [1.165, 1.54) is 19.4 Å². The predicted molar refractivity (Wildman–Crippen MR) is 75.5 cm³/mol.